The number of rotatable bonds is 5. The second kappa shape index (κ2) is 8.52. The molecule has 1 aliphatic rings. The van der Waals surface area contributed by atoms with E-state index in [2.05, 4.69) is 9.97 Å². The average Bonchev–Trinajstić information content (AvgIpc) is 3.06. The lowest BCUT2D eigenvalue weighted by Gasteiger charge is -2.34. The quantitative estimate of drug-likeness (QED) is 0.628. The molecule has 3 heterocycles. The number of piperazine rings is 1. The highest BCUT2D eigenvalue weighted by molar-refractivity contribution is 7.89. The maximum absolute atomic E-state index is 12.7. The summed E-state index contributed by atoms with van der Waals surface area (Å²) in [4.78, 5) is 36.0. The molecule has 0 radical (unpaired) electrons. The Balaban J connectivity index is 1.37. The van der Waals surface area contributed by atoms with Gasteiger partial charge in [-0.1, -0.05) is 18.2 Å². The van der Waals surface area contributed by atoms with Crippen LogP contribution in [0.4, 0.5) is 0 Å². The van der Waals surface area contributed by atoms with Crippen molar-refractivity contribution in [2.24, 2.45) is 0 Å². The normalized spacial score (nSPS) is 15.5. The van der Waals surface area contributed by atoms with Gasteiger partial charge in [0.15, 0.2) is 0 Å². The van der Waals surface area contributed by atoms with E-state index in [4.69, 9.17) is 0 Å². The van der Waals surface area contributed by atoms with Crippen LogP contribution in [0.25, 0.3) is 10.2 Å². The number of sulfonamides is 1. The van der Waals surface area contributed by atoms with Gasteiger partial charge in [0.2, 0.25) is 15.9 Å². The van der Waals surface area contributed by atoms with E-state index in [1.165, 1.54) is 15.6 Å². The van der Waals surface area contributed by atoms with E-state index in [-0.39, 0.29) is 35.9 Å². The molecule has 164 valence electrons. The maximum Gasteiger partial charge on any atom is 0.259 e. The van der Waals surface area contributed by atoms with Crippen LogP contribution in [0.15, 0.2) is 40.0 Å². The Morgan fingerprint density at radius 3 is 2.48 bits per heavy atom. The highest BCUT2D eigenvalue weighted by Gasteiger charge is 2.29. The molecular formula is C21H24N4O4S2. The third-order valence-corrected chi connectivity index (χ3v) is 8.65. The number of fused-ring (bicyclic) bond motifs is 1. The summed E-state index contributed by atoms with van der Waals surface area (Å²) >= 11 is 1.48. The van der Waals surface area contributed by atoms with Gasteiger partial charge in [0.25, 0.3) is 5.56 Å². The summed E-state index contributed by atoms with van der Waals surface area (Å²) in [5.74, 6) is 0.426. The fraction of sp³-hybridized carbons (Fsp3) is 0.381. The van der Waals surface area contributed by atoms with Crippen LogP contribution in [0.1, 0.15) is 22.7 Å². The first-order valence-corrected chi connectivity index (χ1v) is 12.3. The average molecular weight is 461 g/mol. The molecule has 0 saturated carbocycles. The molecule has 2 aromatic heterocycles. The van der Waals surface area contributed by atoms with Crippen molar-refractivity contribution in [3.05, 3.63) is 57.0 Å². The largest absolute Gasteiger partial charge is 0.340 e. The highest BCUT2D eigenvalue weighted by atomic mass is 32.2. The molecule has 1 amide bonds. The van der Waals surface area contributed by atoms with Crippen molar-refractivity contribution >= 4 is 37.5 Å². The zero-order chi connectivity index (χ0) is 22.2. The van der Waals surface area contributed by atoms with Gasteiger partial charge in [0.1, 0.15) is 10.7 Å². The summed E-state index contributed by atoms with van der Waals surface area (Å²) in [6, 6.07) is 8.32. The Hall–Kier alpha value is -2.56. The summed E-state index contributed by atoms with van der Waals surface area (Å²) in [6.07, 6.45) is 0.547. The third-order valence-electron chi connectivity index (χ3n) is 5.64. The molecule has 1 fully saturated rings. The molecule has 4 rings (SSSR count). The van der Waals surface area contributed by atoms with Crippen molar-refractivity contribution in [1.82, 2.24) is 19.2 Å². The molecule has 0 bridgehead atoms. The monoisotopic (exact) mass is 460 g/mol. The van der Waals surface area contributed by atoms with Gasteiger partial charge in [-0.3, -0.25) is 9.59 Å². The molecule has 3 aromatic rings. The number of carbonyl (C=O) groups is 1. The van der Waals surface area contributed by atoms with Crippen LogP contribution in [0.2, 0.25) is 0 Å². The van der Waals surface area contributed by atoms with E-state index in [9.17, 15) is 18.0 Å². The van der Waals surface area contributed by atoms with E-state index in [1.807, 2.05) is 13.8 Å². The molecule has 8 nitrogen and oxygen atoms in total. The minimum Gasteiger partial charge on any atom is -0.340 e. The lowest BCUT2D eigenvalue weighted by Crippen LogP contribution is -2.50. The van der Waals surface area contributed by atoms with Crippen molar-refractivity contribution in [3.8, 4) is 0 Å². The Labute approximate surface area is 184 Å². The van der Waals surface area contributed by atoms with E-state index in [1.54, 1.807) is 35.2 Å². The van der Waals surface area contributed by atoms with Crippen molar-refractivity contribution in [1.29, 1.82) is 0 Å². The summed E-state index contributed by atoms with van der Waals surface area (Å²) in [7, 11) is -3.55. The zero-order valence-corrected chi connectivity index (χ0v) is 19.1. The fourth-order valence-corrected chi connectivity index (χ4v) is 6.21. The SMILES string of the molecule is Cc1sc2nc(CCC(=O)N3CCN(S(=O)(=O)c4ccccc4)CC3)[nH]c(=O)c2c1C. The predicted octanol–water partition coefficient (Wildman–Crippen LogP) is 2.07. The van der Waals surface area contributed by atoms with Crippen LogP contribution in [-0.4, -0.2) is 59.7 Å². The Morgan fingerprint density at radius 2 is 1.81 bits per heavy atom. The Bertz CT molecular complexity index is 1270. The van der Waals surface area contributed by atoms with Crippen molar-refractivity contribution in [2.45, 2.75) is 31.6 Å². The number of aryl methyl sites for hydroxylation is 3. The van der Waals surface area contributed by atoms with Gasteiger partial charge < -0.3 is 9.88 Å². The smallest absolute Gasteiger partial charge is 0.259 e. The lowest BCUT2D eigenvalue weighted by molar-refractivity contribution is -0.132. The first-order valence-electron chi connectivity index (χ1n) is 10.1. The van der Waals surface area contributed by atoms with Crippen LogP contribution >= 0.6 is 11.3 Å². The zero-order valence-electron chi connectivity index (χ0n) is 17.4. The molecular weight excluding hydrogens is 436 g/mol. The van der Waals surface area contributed by atoms with Crippen molar-refractivity contribution < 1.29 is 13.2 Å². The van der Waals surface area contributed by atoms with Gasteiger partial charge in [-0.25, -0.2) is 13.4 Å². The van der Waals surface area contributed by atoms with Crippen LogP contribution in [0.5, 0.6) is 0 Å². The minimum atomic E-state index is -3.55. The highest BCUT2D eigenvalue weighted by Crippen LogP contribution is 2.25. The molecule has 0 spiro atoms. The second-order valence-electron chi connectivity index (χ2n) is 7.57. The van der Waals surface area contributed by atoms with Crippen molar-refractivity contribution in [3.63, 3.8) is 0 Å². The van der Waals surface area contributed by atoms with E-state index < -0.39 is 10.0 Å². The first-order chi connectivity index (χ1) is 14.8. The molecule has 1 aliphatic heterocycles. The number of thiophene rings is 1. The second-order valence-corrected chi connectivity index (χ2v) is 10.7. The number of nitrogens with zero attached hydrogens (tertiary/aromatic N) is 3. The summed E-state index contributed by atoms with van der Waals surface area (Å²) in [5, 5.41) is 0.619. The summed E-state index contributed by atoms with van der Waals surface area (Å²) in [6.45, 7) is 5.08. The standard InChI is InChI=1S/C21H24N4O4S2/c1-14-15(2)30-21-19(14)20(27)22-17(23-21)8-9-18(26)24-10-12-25(13-11-24)31(28,29)16-6-4-3-5-7-16/h3-7H,8-13H2,1-2H3,(H,22,23,27). The van der Waals surface area contributed by atoms with Crippen LogP contribution in [-0.2, 0) is 21.2 Å². The number of amides is 1. The van der Waals surface area contributed by atoms with Gasteiger partial charge >= 0.3 is 0 Å². The lowest BCUT2D eigenvalue weighted by atomic mass is 10.2. The summed E-state index contributed by atoms with van der Waals surface area (Å²) < 4.78 is 26.9. The molecule has 31 heavy (non-hydrogen) atoms. The third kappa shape index (κ3) is 4.28. The number of carbonyl (C=O) groups excluding carboxylic acids is 1. The molecule has 1 saturated heterocycles. The maximum atomic E-state index is 12.7. The van der Waals surface area contributed by atoms with Gasteiger partial charge in [0, 0.05) is 43.9 Å². The summed E-state index contributed by atoms with van der Waals surface area (Å²) in [5.41, 5.74) is 0.772. The first kappa shape index (κ1) is 21.7. The Kier molecular flexibility index (Phi) is 5.96. The number of hydrogen-bond acceptors (Lipinski definition) is 6. The molecule has 0 aliphatic carbocycles. The number of hydrogen-bond donors (Lipinski definition) is 1. The van der Waals surface area contributed by atoms with Gasteiger partial charge in [0.05, 0.1) is 10.3 Å². The van der Waals surface area contributed by atoms with Crippen molar-refractivity contribution in [2.75, 3.05) is 26.2 Å². The van der Waals surface area contributed by atoms with E-state index >= 15 is 0 Å². The number of aromatic amines is 1. The van der Waals surface area contributed by atoms with Gasteiger partial charge in [-0.15, -0.1) is 11.3 Å². The van der Waals surface area contributed by atoms with Crippen LogP contribution < -0.4 is 5.56 Å². The molecule has 10 heteroatoms. The minimum absolute atomic E-state index is 0.0713. The Morgan fingerprint density at radius 1 is 1.13 bits per heavy atom. The number of H-pyrrole nitrogens is 1. The van der Waals surface area contributed by atoms with Gasteiger partial charge in [-0.05, 0) is 31.5 Å². The molecule has 1 aromatic carbocycles. The number of benzene rings is 1. The van der Waals surface area contributed by atoms with Gasteiger partial charge in [-0.2, -0.15) is 4.31 Å². The molecule has 0 unspecified atom stereocenters. The fourth-order valence-electron chi connectivity index (χ4n) is 3.72. The van der Waals surface area contributed by atoms with E-state index in [0.717, 1.165) is 10.4 Å². The molecule has 1 N–H and O–H groups in total. The topological polar surface area (TPSA) is 103 Å². The van der Waals surface area contributed by atoms with Crippen LogP contribution in [0.3, 0.4) is 0 Å². The number of nitrogens with one attached hydrogen (secondary N) is 1. The number of aromatic nitrogens is 2. The molecule has 0 atom stereocenters. The van der Waals surface area contributed by atoms with Crippen LogP contribution in [0, 0.1) is 13.8 Å². The van der Waals surface area contributed by atoms with E-state index in [0.29, 0.717) is 35.6 Å². The predicted molar refractivity (Wildman–Crippen MR) is 120 cm³/mol.